The molecule has 0 saturated carbocycles. The van der Waals surface area contributed by atoms with E-state index in [1.54, 1.807) is 6.92 Å². The van der Waals surface area contributed by atoms with Gasteiger partial charge in [0.2, 0.25) is 5.91 Å². The van der Waals surface area contributed by atoms with Crippen molar-refractivity contribution >= 4 is 11.7 Å². The van der Waals surface area contributed by atoms with Crippen molar-refractivity contribution in [3.8, 4) is 0 Å². The summed E-state index contributed by atoms with van der Waals surface area (Å²) in [5, 5.41) is 6.04. The highest BCUT2D eigenvalue weighted by atomic mass is 16.1. The van der Waals surface area contributed by atoms with Crippen molar-refractivity contribution in [1.82, 2.24) is 10.6 Å². The van der Waals surface area contributed by atoms with Gasteiger partial charge in [0, 0.05) is 19.4 Å². The molecule has 1 amide bonds. The van der Waals surface area contributed by atoms with E-state index in [1.807, 2.05) is 7.05 Å². The fourth-order valence-corrected chi connectivity index (χ4v) is 1.76. The van der Waals surface area contributed by atoms with Crippen molar-refractivity contribution in [2.24, 2.45) is 0 Å². The van der Waals surface area contributed by atoms with Crippen LogP contribution in [0.5, 0.6) is 0 Å². The molecule has 4 nitrogen and oxygen atoms in total. The zero-order valence-electron chi connectivity index (χ0n) is 11.9. The van der Waals surface area contributed by atoms with E-state index < -0.39 is 0 Å². The topological polar surface area (TPSA) is 58.2 Å². The second-order valence-electron chi connectivity index (χ2n) is 4.78. The van der Waals surface area contributed by atoms with Crippen LogP contribution in [0.3, 0.4) is 0 Å². The third kappa shape index (κ3) is 13.2. The lowest BCUT2D eigenvalue weighted by Crippen LogP contribution is -2.24. The number of ketones is 1. The van der Waals surface area contributed by atoms with Crippen LogP contribution < -0.4 is 10.6 Å². The Balaban J connectivity index is 3.19. The summed E-state index contributed by atoms with van der Waals surface area (Å²) in [6.45, 7) is 3.45. The second-order valence-corrected chi connectivity index (χ2v) is 4.78. The zero-order valence-corrected chi connectivity index (χ0v) is 11.9. The van der Waals surface area contributed by atoms with Gasteiger partial charge in [0.25, 0.3) is 0 Å². The number of carbonyl (C=O) groups excluding carboxylic acids is 2. The number of carbonyl (C=O) groups is 2. The predicted octanol–water partition coefficient (Wildman–Crippen LogP) is 2.03. The molecule has 106 valence electrons. The Morgan fingerprint density at radius 1 is 0.833 bits per heavy atom. The third-order valence-electron chi connectivity index (χ3n) is 2.86. The number of rotatable bonds is 12. The van der Waals surface area contributed by atoms with Crippen molar-refractivity contribution in [3.05, 3.63) is 0 Å². The molecule has 4 heteroatoms. The van der Waals surface area contributed by atoms with E-state index in [0.717, 1.165) is 32.4 Å². The zero-order chi connectivity index (χ0) is 13.6. The average molecular weight is 256 g/mol. The summed E-state index contributed by atoms with van der Waals surface area (Å²) < 4.78 is 0. The molecule has 0 saturated heterocycles. The molecule has 0 fully saturated rings. The molecule has 2 N–H and O–H groups in total. The van der Waals surface area contributed by atoms with Crippen molar-refractivity contribution in [2.75, 3.05) is 20.1 Å². The van der Waals surface area contributed by atoms with Gasteiger partial charge in [-0.1, -0.05) is 12.8 Å². The number of Topliss-reactive ketones (excluding diaryl/α,β-unsaturated/α-hetero) is 1. The van der Waals surface area contributed by atoms with E-state index in [-0.39, 0.29) is 11.7 Å². The maximum absolute atomic E-state index is 11.4. The molecule has 0 aliphatic rings. The third-order valence-corrected chi connectivity index (χ3v) is 2.86. The van der Waals surface area contributed by atoms with Crippen LogP contribution in [0, 0.1) is 0 Å². The molecule has 0 atom stereocenters. The van der Waals surface area contributed by atoms with E-state index in [2.05, 4.69) is 10.6 Å². The summed E-state index contributed by atoms with van der Waals surface area (Å²) in [6, 6.07) is 0. The summed E-state index contributed by atoms with van der Waals surface area (Å²) in [5.41, 5.74) is 0. The molecule has 0 aliphatic carbocycles. The number of hydrogen-bond acceptors (Lipinski definition) is 3. The lowest BCUT2D eigenvalue weighted by atomic mass is 10.1. The lowest BCUT2D eigenvalue weighted by Gasteiger charge is -2.05. The Labute approximate surface area is 111 Å². The minimum absolute atomic E-state index is 0.119. The fourth-order valence-electron chi connectivity index (χ4n) is 1.76. The van der Waals surface area contributed by atoms with E-state index >= 15 is 0 Å². The molecule has 0 aliphatic heterocycles. The minimum atomic E-state index is 0.119. The standard InChI is InChI=1S/C14H28N2O2/c1-13(17)9-5-6-10-14(18)16-12-8-4-3-7-11-15-2/h15H,3-12H2,1-2H3,(H,16,18). The van der Waals surface area contributed by atoms with Crippen LogP contribution in [0.2, 0.25) is 0 Å². The first-order valence-corrected chi connectivity index (χ1v) is 7.07. The highest BCUT2D eigenvalue weighted by Crippen LogP contribution is 2.01. The molecule has 0 bridgehead atoms. The average Bonchev–Trinajstić information content (AvgIpc) is 2.33. The lowest BCUT2D eigenvalue weighted by molar-refractivity contribution is -0.121. The number of nitrogens with one attached hydrogen (secondary N) is 2. The van der Waals surface area contributed by atoms with E-state index in [4.69, 9.17) is 0 Å². The molecule has 0 aromatic heterocycles. The van der Waals surface area contributed by atoms with Gasteiger partial charge in [-0.3, -0.25) is 4.79 Å². The summed E-state index contributed by atoms with van der Waals surface area (Å²) >= 11 is 0. The van der Waals surface area contributed by atoms with Crippen LogP contribution in [0.4, 0.5) is 0 Å². The van der Waals surface area contributed by atoms with Gasteiger partial charge < -0.3 is 15.4 Å². The van der Waals surface area contributed by atoms with E-state index in [1.165, 1.54) is 19.3 Å². The molecule has 0 aromatic carbocycles. The van der Waals surface area contributed by atoms with Gasteiger partial charge >= 0.3 is 0 Å². The molecule has 0 heterocycles. The molecular weight excluding hydrogens is 228 g/mol. The van der Waals surface area contributed by atoms with Gasteiger partial charge in [-0.15, -0.1) is 0 Å². The van der Waals surface area contributed by atoms with Gasteiger partial charge in [0.15, 0.2) is 0 Å². The first kappa shape index (κ1) is 17.1. The Bertz CT molecular complexity index is 230. The maximum Gasteiger partial charge on any atom is 0.219 e. The first-order valence-electron chi connectivity index (χ1n) is 7.07. The molecule has 0 unspecified atom stereocenters. The van der Waals surface area contributed by atoms with Gasteiger partial charge in [0.05, 0.1) is 0 Å². The van der Waals surface area contributed by atoms with Crippen LogP contribution in [0.1, 0.15) is 58.3 Å². The molecule has 0 aromatic rings. The summed E-state index contributed by atoms with van der Waals surface area (Å²) in [6.07, 6.45) is 7.44. The maximum atomic E-state index is 11.4. The van der Waals surface area contributed by atoms with Crippen LogP contribution >= 0.6 is 0 Å². The minimum Gasteiger partial charge on any atom is -0.356 e. The quantitative estimate of drug-likeness (QED) is 0.525. The monoisotopic (exact) mass is 256 g/mol. The van der Waals surface area contributed by atoms with Crippen LogP contribution in [0.25, 0.3) is 0 Å². The largest absolute Gasteiger partial charge is 0.356 e. The van der Waals surface area contributed by atoms with Crippen LogP contribution in [-0.4, -0.2) is 31.8 Å². The summed E-state index contributed by atoms with van der Waals surface area (Å²) in [7, 11) is 1.96. The number of hydrogen-bond donors (Lipinski definition) is 2. The Morgan fingerprint density at radius 2 is 1.44 bits per heavy atom. The Kier molecular flexibility index (Phi) is 11.9. The molecule has 0 spiro atoms. The van der Waals surface area contributed by atoms with Crippen LogP contribution in [0.15, 0.2) is 0 Å². The van der Waals surface area contributed by atoms with Gasteiger partial charge in [-0.2, -0.15) is 0 Å². The van der Waals surface area contributed by atoms with Crippen molar-refractivity contribution in [3.63, 3.8) is 0 Å². The second kappa shape index (κ2) is 12.6. The summed E-state index contributed by atoms with van der Waals surface area (Å²) in [4.78, 5) is 22.1. The van der Waals surface area contributed by atoms with E-state index in [9.17, 15) is 9.59 Å². The highest BCUT2D eigenvalue weighted by Gasteiger charge is 2.01. The fraction of sp³-hybridized carbons (Fsp3) is 0.857. The molecule has 0 rings (SSSR count). The SMILES string of the molecule is CNCCCCCCNC(=O)CCCCC(C)=O. The van der Waals surface area contributed by atoms with Gasteiger partial charge in [-0.25, -0.2) is 0 Å². The predicted molar refractivity (Wildman–Crippen MR) is 74.6 cm³/mol. The summed E-state index contributed by atoms with van der Waals surface area (Å²) in [5.74, 6) is 0.325. The number of unbranched alkanes of at least 4 members (excludes halogenated alkanes) is 4. The normalized spacial score (nSPS) is 10.3. The number of amides is 1. The van der Waals surface area contributed by atoms with E-state index in [0.29, 0.717) is 12.8 Å². The van der Waals surface area contributed by atoms with Crippen LogP contribution in [-0.2, 0) is 9.59 Å². The smallest absolute Gasteiger partial charge is 0.219 e. The Hall–Kier alpha value is -0.900. The first-order chi connectivity index (χ1) is 8.66. The molecular formula is C14H28N2O2. The van der Waals surface area contributed by atoms with Gasteiger partial charge in [-0.05, 0) is 46.2 Å². The van der Waals surface area contributed by atoms with Crippen molar-refractivity contribution < 1.29 is 9.59 Å². The molecule has 0 radical (unpaired) electrons. The Morgan fingerprint density at radius 3 is 2.06 bits per heavy atom. The highest BCUT2D eigenvalue weighted by molar-refractivity contribution is 5.76. The molecule has 18 heavy (non-hydrogen) atoms. The van der Waals surface area contributed by atoms with Gasteiger partial charge in [0.1, 0.15) is 5.78 Å². The van der Waals surface area contributed by atoms with Crippen molar-refractivity contribution in [1.29, 1.82) is 0 Å². The van der Waals surface area contributed by atoms with Crippen molar-refractivity contribution in [2.45, 2.75) is 58.3 Å².